The van der Waals surface area contributed by atoms with Gasteiger partial charge in [0.25, 0.3) is 0 Å². The summed E-state index contributed by atoms with van der Waals surface area (Å²) >= 11 is 0. The van der Waals surface area contributed by atoms with Gasteiger partial charge in [-0.2, -0.15) is 10.5 Å². The van der Waals surface area contributed by atoms with Crippen LogP contribution in [0.3, 0.4) is 0 Å². The first kappa shape index (κ1) is 16.1. The topological polar surface area (TPSA) is 60.0 Å². The van der Waals surface area contributed by atoms with E-state index in [2.05, 4.69) is 12.6 Å². The summed E-state index contributed by atoms with van der Waals surface area (Å²) in [6.45, 7) is 5.58. The van der Waals surface area contributed by atoms with E-state index in [9.17, 15) is 10.5 Å². The van der Waals surface area contributed by atoms with Crippen molar-refractivity contribution in [3.05, 3.63) is 76.4 Å². The molecule has 0 saturated carbocycles. The fraction of sp³-hybridized carbons (Fsp3) is 0.158. The van der Waals surface area contributed by atoms with Gasteiger partial charge < -0.3 is 9.64 Å². The monoisotopic (exact) mass is 303 g/mol. The van der Waals surface area contributed by atoms with Crippen molar-refractivity contribution in [1.82, 2.24) is 4.90 Å². The number of rotatable bonds is 3. The van der Waals surface area contributed by atoms with Crippen molar-refractivity contribution in [3.8, 4) is 12.1 Å². The molecule has 0 fully saturated rings. The zero-order valence-corrected chi connectivity index (χ0v) is 13.4. The lowest BCUT2D eigenvalue weighted by Crippen LogP contribution is -2.19. The van der Waals surface area contributed by atoms with Crippen LogP contribution in [-0.2, 0) is 4.74 Å². The van der Waals surface area contributed by atoms with Gasteiger partial charge >= 0.3 is 0 Å². The van der Waals surface area contributed by atoms with Gasteiger partial charge in [-0.3, -0.25) is 0 Å². The Bertz CT molecular complexity index is 812. The third-order valence-corrected chi connectivity index (χ3v) is 3.48. The predicted octanol–water partition coefficient (Wildman–Crippen LogP) is 3.75. The van der Waals surface area contributed by atoms with E-state index in [0.717, 1.165) is 11.3 Å². The first-order valence-electron chi connectivity index (χ1n) is 7.07. The van der Waals surface area contributed by atoms with Gasteiger partial charge in [-0.05, 0) is 18.6 Å². The van der Waals surface area contributed by atoms with Gasteiger partial charge in [0.1, 0.15) is 23.5 Å². The van der Waals surface area contributed by atoms with Crippen molar-refractivity contribution in [2.24, 2.45) is 0 Å². The summed E-state index contributed by atoms with van der Waals surface area (Å²) in [6.07, 6.45) is 1.94. The van der Waals surface area contributed by atoms with Crippen molar-refractivity contribution < 1.29 is 4.74 Å². The molecule has 0 atom stereocenters. The van der Waals surface area contributed by atoms with Crippen molar-refractivity contribution in [3.63, 3.8) is 0 Å². The highest BCUT2D eigenvalue weighted by atomic mass is 16.5. The lowest BCUT2D eigenvalue weighted by molar-refractivity contribution is 0.285. The Morgan fingerprint density at radius 1 is 1.13 bits per heavy atom. The van der Waals surface area contributed by atoms with Crippen LogP contribution in [0.2, 0.25) is 0 Å². The molecular formula is C19H17N3O. The molecule has 0 radical (unpaired) electrons. The Labute approximate surface area is 136 Å². The van der Waals surface area contributed by atoms with Gasteiger partial charge in [-0.25, -0.2) is 0 Å². The third kappa shape index (κ3) is 3.17. The summed E-state index contributed by atoms with van der Waals surface area (Å²) in [5, 5.41) is 18.7. The quantitative estimate of drug-likeness (QED) is 0.853. The summed E-state index contributed by atoms with van der Waals surface area (Å²) < 4.78 is 5.80. The number of ether oxygens (including phenoxy) is 1. The second-order valence-corrected chi connectivity index (χ2v) is 5.27. The van der Waals surface area contributed by atoms with Gasteiger partial charge in [-0.15, -0.1) is 0 Å². The highest BCUT2D eigenvalue weighted by molar-refractivity contribution is 5.67. The largest absolute Gasteiger partial charge is 0.457 e. The minimum absolute atomic E-state index is 0.281. The standard InChI is InChI=1S/C19H17N3O/c1-13-16(11-20)14(2)23-19(17(13)12-21)18(22(3)4)10-15-8-6-5-7-9-15/h5-10H,1H2,2-4H3. The number of nitriles is 2. The van der Waals surface area contributed by atoms with Crippen LogP contribution in [0, 0.1) is 22.7 Å². The van der Waals surface area contributed by atoms with Crippen LogP contribution in [0.4, 0.5) is 0 Å². The third-order valence-electron chi connectivity index (χ3n) is 3.48. The molecule has 4 nitrogen and oxygen atoms in total. The fourth-order valence-electron chi connectivity index (χ4n) is 2.28. The Balaban J connectivity index is 2.61. The van der Waals surface area contributed by atoms with E-state index in [4.69, 9.17) is 4.74 Å². The Hall–Kier alpha value is -3.24. The highest BCUT2D eigenvalue weighted by Crippen LogP contribution is 2.35. The number of hydrogen-bond donors (Lipinski definition) is 0. The van der Waals surface area contributed by atoms with Gasteiger partial charge in [0.15, 0.2) is 5.76 Å². The zero-order valence-electron chi connectivity index (χ0n) is 13.4. The summed E-state index contributed by atoms with van der Waals surface area (Å²) in [6, 6.07) is 13.9. The molecule has 0 bridgehead atoms. The highest BCUT2D eigenvalue weighted by Gasteiger charge is 2.27. The number of benzene rings is 1. The van der Waals surface area contributed by atoms with Crippen LogP contribution in [0.25, 0.3) is 6.08 Å². The van der Waals surface area contributed by atoms with E-state index in [1.807, 2.05) is 61.5 Å². The van der Waals surface area contributed by atoms with Gasteiger partial charge in [0.2, 0.25) is 0 Å². The first-order chi connectivity index (χ1) is 11.0. The summed E-state index contributed by atoms with van der Waals surface area (Å²) in [4.78, 5) is 1.87. The van der Waals surface area contributed by atoms with Crippen LogP contribution >= 0.6 is 0 Å². The number of allylic oxidation sites excluding steroid dienone is 4. The summed E-state index contributed by atoms with van der Waals surface area (Å²) in [5.74, 6) is 0.871. The number of nitrogens with zero attached hydrogens (tertiary/aromatic N) is 3. The van der Waals surface area contributed by atoms with E-state index < -0.39 is 0 Å². The van der Waals surface area contributed by atoms with Crippen LogP contribution in [0.1, 0.15) is 12.5 Å². The van der Waals surface area contributed by atoms with Gasteiger partial charge in [0.05, 0.1) is 11.3 Å². The average Bonchev–Trinajstić information content (AvgIpc) is 2.53. The molecule has 1 heterocycles. The lowest BCUT2D eigenvalue weighted by atomic mass is 9.95. The Morgan fingerprint density at radius 3 is 2.26 bits per heavy atom. The molecule has 4 heteroatoms. The smallest absolute Gasteiger partial charge is 0.168 e. The van der Waals surface area contributed by atoms with Gasteiger partial charge in [-0.1, -0.05) is 36.9 Å². The molecule has 0 unspecified atom stereocenters. The minimum Gasteiger partial charge on any atom is -0.457 e. The molecule has 23 heavy (non-hydrogen) atoms. The van der Waals surface area contributed by atoms with E-state index in [1.54, 1.807) is 6.92 Å². The Kier molecular flexibility index (Phi) is 4.69. The molecular weight excluding hydrogens is 286 g/mol. The normalized spacial score (nSPS) is 15.0. The molecule has 1 aliphatic heterocycles. The maximum atomic E-state index is 9.50. The zero-order chi connectivity index (χ0) is 17.0. The summed E-state index contributed by atoms with van der Waals surface area (Å²) in [7, 11) is 3.75. The van der Waals surface area contributed by atoms with Crippen molar-refractivity contribution in [1.29, 1.82) is 10.5 Å². The molecule has 0 saturated heterocycles. The number of likely N-dealkylation sites (N-methyl/N-ethyl adjacent to an activating group) is 1. The predicted molar refractivity (Wildman–Crippen MR) is 89.3 cm³/mol. The van der Waals surface area contributed by atoms with E-state index >= 15 is 0 Å². The minimum atomic E-state index is 0.281. The molecule has 114 valence electrons. The molecule has 1 aromatic rings. The second-order valence-electron chi connectivity index (χ2n) is 5.27. The molecule has 0 amide bonds. The van der Waals surface area contributed by atoms with Crippen LogP contribution in [0.15, 0.2) is 70.8 Å². The molecule has 0 aromatic heterocycles. The van der Waals surface area contributed by atoms with Crippen molar-refractivity contribution >= 4 is 6.08 Å². The van der Waals surface area contributed by atoms with Crippen molar-refractivity contribution in [2.45, 2.75) is 6.92 Å². The van der Waals surface area contributed by atoms with E-state index in [-0.39, 0.29) is 5.57 Å². The SMILES string of the molecule is C=C1C(C#N)=C(C)OC(C(=Cc2ccccc2)N(C)C)=C1C#N. The maximum absolute atomic E-state index is 9.50. The molecule has 1 aliphatic rings. The molecule has 0 spiro atoms. The fourth-order valence-corrected chi connectivity index (χ4v) is 2.28. The van der Waals surface area contributed by atoms with E-state index in [0.29, 0.717) is 22.7 Å². The van der Waals surface area contributed by atoms with Crippen LogP contribution < -0.4 is 0 Å². The average molecular weight is 303 g/mol. The molecule has 1 aromatic carbocycles. The van der Waals surface area contributed by atoms with Crippen LogP contribution in [-0.4, -0.2) is 19.0 Å². The van der Waals surface area contributed by atoms with Crippen molar-refractivity contribution in [2.75, 3.05) is 14.1 Å². The van der Waals surface area contributed by atoms with E-state index in [1.165, 1.54) is 0 Å². The maximum Gasteiger partial charge on any atom is 0.168 e. The lowest BCUT2D eigenvalue weighted by Gasteiger charge is -2.26. The summed E-state index contributed by atoms with van der Waals surface area (Å²) in [5.41, 5.74) is 2.72. The molecule has 0 aliphatic carbocycles. The molecule has 0 N–H and O–H groups in total. The first-order valence-corrected chi connectivity index (χ1v) is 7.07. The van der Waals surface area contributed by atoms with Gasteiger partial charge in [0, 0.05) is 19.7 Å². The number of hydrogen-bond acceptors (Lipinski definition) is 4. The molecule has 2 rings (SSSR count). The second kappa shape index (κ2) is 6.68. The van der Waals surface area contributed by atoms with Crippen LogP contribution in [0.5, 0.6) is 0 Å². The Morgan fingerprint density at radius 2 is 1.74 bits per heavy atom.